The van der Waals surface area contributed by atoms with E-state index < -0.39 is 10.0 Å². The third kappa shape index (κ3) is 4.39. The molecule has 0 radical (unpaired) electrons. The number of amides is 1. The van der Waals surface area contributed by atoms with Crippen molar-refractivity contribution in [3.8, 4) is 0 Å². The van der Waals surface area contributed by atoms with E-state index in [1.54, 1.807) is 17.0 Å². The molecule has 3 N–H and O–H groups in total. The van der Waals surface area contributed by atoms with E-state index >= 15 is 0 Å². The van der Waals surface area contributed by atoms with Crippen molar-refractivity contribution in [2.24, 2.45) is 11.7 Å². The summed E-state index contributed by atoms with van der Waals surface area (Å²) in [5.41, 5.74) is 7.56. The molecule has 146 valence electrons. The summed E-state index contributed by atoms with van der Waals surface area (Å²) in [5.74, 6) is 0.133. The molecule has 0 aromatic heterocycles. The first-order valence-corrected chi connectivity index (χ1v) is 10.5. The lowest BCUT2D eigenvalue weighted by molar-refractivity contribution is -0.116. The lowest BCUT2D eigenvalue weighted by Gasteiger charge is -2.32. The van der Waals surface area contributed by atoms with Gasteiger partial charge in [-0.05, 0) is 55.8 Å². The molecule has 1 aliphatic heterocycles. The Bertz CT molecular complexity index is 754. The molecule has 3 rings (SSSR count). The molecule has 2 atom stereocenters. The number of sulfonamides is 1. The van der Waals surface area contributed by atoms with Crippen LogP contribution in [0.5, 0.6) is 0 Å². The van der Waals surface area contributed by atoms with Crippen molar-refractivity contribution in [3.05, 3.63) is 23.8 Å². The molecule has 8 heteroatoms. The number of carbonyl (C=O) groups excluding carboxylic acids is 1. The average Bonchev–Trinajstić information content (AvgIpc) is 2.60. The minimum atomic E-state index is -3.63. The quantitative estimate of drug-likeness (QED) is 0.808. The first-order chi connectivity index (χ1) is 11.9. The maximum absolute atomic E-state index is 12.9. The Labute approximate surface area is 162 Å². The molecule has 0 saturated heterocycles. The van der Waals surface area contributed by atoms with Crippen LogP contribution in [0.25, 0.3) is 0 Å². The van der Waals surface area contributed by atoms with Crippen molar-refractivity contribution >= 4 is 34.0 Å². The number of anilines is 1. The van der Waals surface area contributed by atoms with Crippen LogP contribution < -0.4 is 15.4 Å². The first kappa shape index (κ1) is 21.2. The van der Waals surface area contributed by atoms with Crippen LogP contribution in [0.1, 0.15) is 44.6 Å². The number of benzene rings is 1. The highest BCUT2D eigenvalue weighted by Gasteiger charge is 2.30. The maximum atomic E-state index is 12.9. The summed E-state index contributed by atoms with van der Waals surface area (Å²) in [6, 6.07) is 5.01. The molecule has 0 bridgehead atoms. The van der Waals surface area contributed by atoms with E-state index in [1.807, 2.05) is 6.07 Å². The third-order valence-corrected chi connectivity index (χ3v) is 6.87. The Morgan fingerprint density at radius 1 is 1.27 bits per heavy atom. The molecular weight excluding hydrogens is 374 g/mol. The van der Waals surface area contributed by atoms with Crippen molar-refractivity contribution in [3.63, 3.8) is 0 Å². The molecular formula is C18H28ClN3O3S. The second kappa shape index (κ2) is 8.69. The van der Waals surface area contributed by atoms with Gasteiger partial charge in [0.2, 0.25) is 15.9 Å². The van der Waals surface area contributed by atoms with Crippen molar-refractivity contribution in [2.45, 2.75) is 56.4 Å². The first-order valence-electron chi connectivity index (χ1n) is 9.06. The zero-order chi connectivity index (χ0) is 18.0. The van der Waals surface area contributed by atoms with Gasteiger partial charge in [-0.2, -0.15) is 0 Å². The van der Waals surface area contributed by atoms with Crippen LogP contribution in [0.3, 0.4) is 0 Å². The Kier molecular flexibility index (Phi) is 7.07. The monoisotopic (exact) mass is 401 g/mol. The maximum Gasteiger partial charge on any atom is 0.240 e. The van der Waals surface area contributed by atoms with E-state index in [2.05, 4.69) is 4.72 Å². The number of hydrogen-bond acceptors (Lipinski definition) is 4. The van der Waals surface area contributed by atoms with Crippen LogP contribution in [0.2, 0.25) is 0 Å². The molecule has 6 nitrogen and oxygen atoms in total. The van der Waals surface area contributed by atoms with Crippen molar-refractivity contribution in [1.29, 1.82) is 0 Å². The normalized spacial score (nSPS) is 23.1. The van der Waals surface area contributed by atoms with Crippen LogP contribution in [0.15, 0.2) is 23.1 Å². The fourth-order valence-electron chi connectivity index (χ4n) is 3.96. The zero-order valence-corrected chi connectivity index (χ0v) is 16.7. The van der Waals surface area contributed by atoms with E-state index in [0.717, 1.165) is 49.8 Å². The Balaban J connectivity index is 0.00000243. The lowest BCUT2D eigenvalue weighted by atomic mass is 9.85. The fourth-order valence-corrected chi connectivity index (χ4v) is 5.32. The van der Waals surface area contributed by atoms with Crippen molar-refractivity contribution in [1.82, 2.24) is 4.72 Å². The van der Waals surface area contributed by atoms with E-state index in [4.69, 9.17) is 5.73 Å². The summed E-state index contributed by atoms with van der Waals surface area (Å²) in [6.45, 7) is 2.65. The molecule has 1 aromatic carbocycles. The van der Waals surface area contributed by atoms with Gasteiger partial charge in [0.05, 0.1) is 4.90 Å². The minimum Gasteiger partial charge on any atom is -0.330 e. The number of carbonyl (C=O) groups is 1. The molecule has 2 unspecified atom stereocenters. The summed E-state index contributed by atoms with van der Waals surface area (Å²) >= 11 is 0. The van der Waals surface area contributed by atoms with Gasteiger partial charge in [0.15, 0.2) is 0 Å². The van der Waals surface area contributed by atoms with Gasteiger partial charge in [0.25, 0.3) is 0 Å². The van der Waals surface area contributed by atoms with E-state index in [1.165, 1.54) is 6.92 Å². The molecule has 2 aliphatic rings. The minimum absolute atomic E-state index is 0. The number of fused-ring (bicyclic) bond motifs is 1. The largest absolute Gasteiger partial charge is 0.330 e. The average molecular weight is 402 g/mol. The molecule has 1 aromatic rings. The standard InChI is InChI=1S/C18H27N3O3S.ClH/c1-13(22)21-10-4-6-14-8-9-16(11-18(14)21)25(23,24)20-17-7-3-2-5-15(17)12-19;/h8-9,11,15,17,20H,2-7,10,12,19H2,1H3;1H. The lowest BCUT2D eigenvalue weighted by Crippen LogP contribution is -2.44. The number of rotatable bonds is 4. The van der Waals surface area contributed by atoms with Gasteiger partial charge in [-0.3, -0.25) is 4.79 Å². The zero-order valence-electron chi connectivity index (χ0n) is 15.1. The van der Waals surface area contributed by atoms with Crippen molar-refractivity contribution in [2.75, 3.05) is 18.0 Å². The molecule has 1 fully saturated rings. The SMILES string of the molecule is CC(=O)N1CCCc2ccc(S(=O)(=O)NC3CCCCC3CN)cc21.Cl. The highest BCUT2D eigenvalue weighted by Crippen LogP contribution is 2.31. The summed E-state index contributed by atoms with van der Waals surface area (Å²) < 4.78 is 28.6. The molecule has 1 amide bonds. The number of hydrogen-bond donors (Lipinski definition) is 2. The highest BCUT2D eigenvalue weighted by molar-refractivity contribution is 7.89. The predicted molar refractivity (Wildman–Crippen MR) is 105 cm³/mol. The number of nitrogens with one attached hydrogen (secondary N) is 1. The van der Waals surface area contributed by atoms with E-state index in [0.29, 0.717) is 13.1 Å². The Hall–Kier alpha value is -1.15. The molecule has 0 spiro atoms. The number of nitrogens with zero attached hydrogens (tertiary/aromatic N) is 1. The van der Waals surface area contributed by atoms with Crippen LogP contribution in [-0.2, 0) is 21.2 Å². The van der Waals surface area contributed by atoms with Gasteiger partial charge in [-0.15, -0.1) is 12.4 Å². The van der Waals surface area contributed by atoms with Crippen LogP contribution in [-0.4, -0.2) is 33.5 Å². The van der Waals surface area contributed by atoms with Gasteiger partial charge < -0.3 is 10.6 Å². The summed E-state index contributed by atoms with van der Waals surface area (Å²) in [6.07, 6.45) is 5.68. The smallest absolute Gasteiger partial charge is 0.240 e. The van der Waals surface area contributed by atoms with Gasteiger partial charge >= 0.3 is 0 Å². The van der Waals surface area contributed by atoms with Crippen molar-refractivity contribution < 1.29 is 13.2 Å². The van der Waals surface area contributed by atoms with E-state index in [-0.39, 0.29) is 35.2 Å². The van der Waals surface area contributed by atoms with Crippen LogP contribution >= 0.6 is 12.4 Å². The Morgan fingerprint density at radius 3 is 2.69 bits per heavy atom. The topological polar surface area (TPSA) is 92.5 Å². The van der Waals surface area contributed by atoms with Gasteiger partial charge in [0.1, 0.15) is 0 Å². The number of nitrogens with two attached hydrogens (primary N) is 1. The third-order valence-electron chi connectivity index (χ3n) is 5.38. The summed E-state index contributed by atoms with van der Waals surface area (Å²) in [4.78, 5) is 13.8. The number of halogens is 1. The molecule has 1 saturated carbocycles. The van der Waals surface area contributed by atoms with Gasteiger partial charge in [-0.25, -0.2) is 13.1 Å². The number of aryl methyl sites for hydroxylation is 1. The van der Waals surface area contributed by atoms with Crippen LogP contribution in [0, 0.1) is 5.92 Å². The summed E-state index contributed by atoms with van der Waals surface area (Å²) in [7, 11) is -3.63. The van der Waals surface area contributed by atoms with Crippen LogP contribution in [0.4, 0.5) is 5.69 Å². The molecule has 1 aliphatic carbocycles. The molecule has 26 heavy (non-hydrogen) atoms. The highest BCUT2D eigenvalue weighted by atomic mass is 35.5. The second-order valence-corrected chi connectivity index (χ2v) is 8.79. The van der Waals surface area contributed by atoms with Gasteiger partial charge in [0, 0.05) is 25.2 Å². The Morgan fingerprint density at radius 2 is 2.00 bits per heavy atom. The predicted octanol–water partition coefficient (Wildman–Crippen LogP) is 2.20. The second-order valence-electron chi connectivity index (χ2n) is 7.07. The molecule has 1 heterocycles. The van der Waals surface area contributed by atoms with Gasteiger partial charge in [-0.1, -0.05) is 18.9 Å². The fraction of sp³-hybridized carbons (Fsp3) is 0.611. The summed E-state index contributed by atoms with van der Waals surface area (Å²) in [5, 5.41) is 0. The van der Waals surface area contributed by atoms with E-state index in [9.17, 15) is 13.2 Å².